The molecule has 0 amide bonds. The molecule has 2 heterocycles. The van der Waals surface area contributed by atoms with Crippen LogP contribution >= 0.6 is 0 Å². The second-order valence-corrected chi connectivity index (χ2v) is 10.9. The summed E-state index contributed by atoms with van der Waals surface area (Å²) in [7, 11) is 0. The quantitative estimate of drug-likeness (QED) is 0.291. The van der Waals surface area contributed by atoms with Gasteiger partial charge in [-0.2, -0.15) is 31.6 Å². The third kappa shape index (κ3) is 7.90. The van der Waals surface area contributed by atoms with Crippen molar-refractivity contribution in [1.82, 2.24) is 9.88 Å². The molecule has 0 radical (unpaired) electrons. The maximum absolute atomic E-state index is 13.3. The number of pyridine rings is 1. The topological polar surface area (TPSA) is 64.4 Å². The van der Waals surface area contributed by atoms with Gasteiger partial charge in [0.1, 0.15) is 6.10 Å². The van der Waals surface area contributed by atoms with Gasteiger partial charge < -0.3 is 15.0 Å². The molecule has 1 N–H and O–H groups in total. The molecule has 1 aromatic heterocycles. The number of benzene rings is 2. The summed E-state index contributed by atoms with van der Waals surface area (Å²) in [4.78, 5) is 8.81. The molecule has 2 aromatic carbocycles. The van der Waals surface area contributed by atoms with Crippen molar-refractivity contribution in [3.05, 3.63) is 83.0 Å². The van der Waals surface area contributed by atoms with Crippen molar-refractivity contribution < 1.29 is 31.1 Å². The van der Waals surface area contributed by atoms with Gasteiger partial charge in [0.2, 0.25) is 5.88 Å². The zero-order valence-corrected chi connectivity index (χ0v) is 23.3. The number of rotatable bonds is 7. The van der Waals surface area contributed by atoms with Crippen molar-refractivity contribution in [3.8, 4) is 11.9 Å². The number of nitrogens with one attached hydrogen (secondary N) is 1. The second kappa shape index (κ2) is 12.7. The van der Waals surface area contributed by atoms with E-state index in [1.807, 2.05) is 12.1 Å². The summed E-state index contributed by atoms with van der Waals surface area (Å²) in [6, 6.07) is 14.4. The van der Waals surface area contributed by atoms with Crippen LogP contribution in [0.4, 0.5) is 37.7 Å². The summed E-state index contributed by atoms with van der Waals surface area (Å²) in [6.45, 7) is 3.63. The van der Waals surface area contributed by atoms with Gasteiger partial charge in [-0.1, -0.05) is 12.1 Å². The lowest BCUT2D eigenvalue weighted by Gasteiger charge is -2.36. The Morgan fingerprint density at radius 3 is 2.19 bits per heavy atom. The number of nitriles is 1. The standard InChI is InChI=1S/C31H31F6N5O/c32-30(33,34)23-4-1-21(2-5-23)20-41-13-15-42(16-14-41)26-11-12-39-29(18-26)43-27-9-7-24(8-10-27)40-25-6-3-22(19-38)28(17-25)31(35,36)37/h1-6,11-12,17-18,24,27,40H,7-10,13-16,20H2/t24-,27-. The molecular formula is C31H31F6N5O. The molecule has 12 heteroatoms. The second-order valence-electron chi connectivity index (χ2n) is 10.9. The Morgan fingerprint density at radius 2 is 1.56 bits per heavy atom. The molecule has 6 nitrogen and oxygen atoms in total. The molecule has 0 bridgehead atoms. The fraction of sp³-hybridized carbons (Fsp3) is 0.419. The molecule has 1 aliphatic heterocycles. The molecular weight excluding hydrogens is 572 g/mol. The van der Waals surface area contributed by atoms with Crippen LogP contribution < -0.4 is 15.0 Å². The van der Waals surface area contributed by atoms with Crippen molar-refractivity contribution in [2.45, 2.75) is 56.7 Å². The van der Waals surface area contributed by atoms with Gasteiger partial charge in [0.15, 0.2) is 0 Å². The van der Waals surface area contributed by atoms with E-state index in [1.54, 1.807) is 12.3 Å². The van der Waals surface area contributed by atoms with E-state index >= 15 is 0 Å². The van der Waals surface area contributed by atoms with Crippen LogP contribution in [0.2, 0.25) is 0 Å². The van der Waals surface area contributed by atoms with Crippen LogP contribution in [0.15, 0.2) is 60.8 Å². The number of piperazine rings is 1. The smallest absolute Gasteiger partial charge is 0.417 e. The lowest BCUT2D eigenvalue weighted by molar-refractivity contribution is -0.138. The molecule has 0 spiro atoms. The van der Waals surface area contributed by atoms with Gasteiger partial charge >= 0.3 is 12.4 Å². The highest BCUT2D eigenvalue weighted by Crippen LogP contribution is 2.35. The van der Waals surface area contributed by atoms with Crippen LogP contribution in [0.1, 0.15) is 47.9 Å². The molecule has 1 saturated heterocycles. The largest absolute Gasteiger partial charge is 0.474 e. The first-order valence-corrected chi connectivity index (χ1v) is 14.1. The Morgan fingerprint density at radius 1 is 0.860 bits per heavy atom. The summed E-state index contributed by atoms with van der Waals surface area (Å²) in [6.07, 6.45) is -4.43. The molecule has 0 unspecified atom stereocenters. The van der Waals surface area contributed by atoms with Crippen molar-refractivity contribution in [2.24, 2.45) is 0 Å². The highest BCUT2D eigenvalue weighted by molar-refractivity contribution is 5.53. The van der Waals surface area contributed by atoms with Crippen LogP contribution in [-0.4, -0.2) is 48.2 Å². The number of halogens is 6. The minimum absolute atomic E-state index is 0.00738. The van der Waals surface area contributed by atoms with E-state index in [2.05, 4.69) is 20.1 Å². The SMILES string of the molecule is N#Cc1ccc(N[C@H]2CC[C@H](Oc3cc(N4CCN(Cc5ccc(C(F)(F)F)cc5)CC4)ccn3)CC2)cc1C(F)(F)F. The van der Waals surface area contributed by atoms with E-state index in [0.29, 0.717) is 43.8 Å². The zero-order valence-electron chi connectivity index (χ0n) is 23.3. The molecule has 2 fully saturated rings. The summed E-state index contributed by atoms with van der Waals surface area (Å²) in [5.74, 6) is 0.517. The third-order valence-corrected chi connectivity index (χ3v) is 7.92. The highest BCUT2D eigenvalue weighted by Gasteiger charge is 2.34. The number of anilines is 2. The number of hydrogen-bond donors (Lipinski definition) is 1. The van der Waals surface area contributed by atoms with Crippen molar-refractivity contribution >= 4 is 11.4 Å². The average Bonchev–Trinajstić information content (AvgIpc) is 2.98. The summed E-state index contributed by atoms with van der Waals surface area (Å²) in [5.41, 5.74) is 0.176. The fourth-order valence-electron chi connectivity index (χ4n) is 5.58. The molecule has 1 aliphatic carbocycles. The van der Waals surface area contributed by atoms with Crippen LogP contribution in [0, 0.1) is 11.3 Å². The lowest BCUT2D eigenvalue weighted by Crippen LogP contribution is -2.46. The Balaban J connectivity index is 1.09. The lowest BCUT2D eigenvalue weighted by atomic mass is 9.92. The maximum Gasteiger partial charge on any atom is 0.417 e. The first kappa shape index (κ1) is 30.5. The number of hydrogen-bond acceptors (Lipinski definition) is 6. The molecule has 0 atom stereocenters. The Bertz CT molecular complexity index is 1420. The van der Waals surface area contributed by atoms with Crippen molar-refractivity contribution in [1.29, 1.82) is 5.26 Å². The van der Waals surface area contributed by atoms with Gasteiger partial charge in [-0.3, -0.25) is 4.90 Å². The van der Waals surface area contributed by atoms with Crippen molar-refractivity contribution in [2.75, 3.05) is 36.4 Å². The van der Waals surface area contributed by atoms with Crippen LogP contribution in [0.3, 0.4) is 0 Å². The van der Waals surface area contributed by atoms with E-state index in [1.165, 1.54) is 24.3 Å². The first-order valence-electron chi connectivity index (χ1n) is 14.1. The maximum atomic E-state index is 13.3. The molecule has 1 saturated carbocycles. The van der Waals surface area contributed by atoms with Crippen LogP contribution in [-0.2, 0) is 18.9 Å². The van der Waals surface area contributed by atoms with Crippen LogP contribution in [0.5, 0.6) is 5.88 Å². The first-order chi connectivity index (χ1) is 20.5. The Hall–Kier alpha value is -3.98. The minimum atomic E-state index is -4.60. The normalized spacial score (nSPS) is 20.0. The molecule has 3 aromatic rings. The van der Waals surface area contributed by atoms with Gasteiger partial charge in [0, 0.05) is 62.4 Å². The summed E-state index contributed by atoms with van der Waals surface area (Å²) in [5, 5.41) is 12.2. The van der Waals surface area contributed by atoms with E-state index in [9.17, 15) is 26.3 Å². The predicted octanol–water partition coefficient (Wildman–Crippen LogP) is 7.12. The van der Waals surface area contributed by atoms with Crippen LogP contribution in [0.25, 0.3) is 0 Å². The van der Waals surface area contributed by atoms with Gasteiger partial charge in [-0.15, -0.1) is 0 Å². The fourth-order valence-corrected chi connectivity index (χ4v) is 5.58. The molecule has 228 valence electrons. The molecule has 5 rings (SSSR count). The third-order valence-electron chi connectivity index (χ3n) is 7.92. The Kier molecular flexibility index (Phi) is 9.01. The van der Waals surface area contributed by atoms with Gasteiger partial charge in [-0.25, -0.2) is 4.98 Å². The Labute approximate surface area is 245 Å². The molecule has 43 heavy (non-hydrogen) atoms. The number of aromatic nitrogens is 1. The summed E-state index contributed by atoms with van der Waals surface area (Å²) >= 11 is 0. The number of ether oxygens (including phenoxy) is 1. The molecule has 2 aliphatic rings. The number of nitrogens with zero attached hydrogens (tertiary/aromatic N) is 4. The van der Waals surface area contributed by atoms with Gasteiger partial charge in [-0.05, 0) is 67.6 Å². The average molecular weight is 604 g/mol. The monoisotopic (exact) mass is 603 g/mol. The van der Waals surface area contributed by atoms with Gasteiger partial charge in [0.25, 0.3) is 0 Å². The minimum Gasteiger partial charge on any atom is -0.474 e. The highest BCUT2D eigenvalue weighted by atomic mass is 19.4. The van der Waals surface area contributed by atoms with E-state index < -0.39 is 29.0 Å². The predicted molar refractivity (Wildman–Crippen MR) is 150 cm³/mol. The van der Waals surface area contributed by atoms with E-state index in [-0.39, 0.29) is 12.1 Å². The number of alkyl halides is 6. The zero-order chi connectivity index (χ0) is 30.6. The van der Waals surface area contributed by atoms with E-state index in [4.69, 9.17) is 10.00 Å². The van der Waals surface area contributed by atoms with E-state index in [0.717, 1.165) is 55.6 Å². The van der Waals surface area contributed by atoms with Gasteiger partial charge in [0.05, 0.1) is 22.8 Å². The van der Waals surface area contributed by atoms with Crippen molar-refractivity contribution in [3.63, 3.8) is 0 Å². The summed E-state index contributed by atoms with van der Waals surface area (Å²) < 4.78 is 84.6.